The normalized spacial score (nSPS) is 10.5. The van der Waals surface area contributed by atoms with E-state index in [1.54, 1.807) is 20.1 Å². The lowest BCUT2D eigenvalue weighted by Gasteiger charge is -2.09. The number of nitrogens with zero attached hydrogens (tertiary/aromatic N) is 1. The van der Waals surface area contributed by atoms with E-state index in [4.69, 9.17) is 14.7 Å². The molecule has 1 rings (SSSR count). The second-order valence-electron chi connectivity index (χ2n) is 3.74. The summed E-state index contributed by atoms with van der Waals surface area (Å²) in [7, 11) is 1.55. The van der Waals surface area contributed by atoms with Crippen molar-refractivity contribution in [3.05, 3.63) is 35.5 Å². The molecule has 0 aliphatic heterocycles. The summed E-state index contributed by atoms with van der Waals surface area (Å²) in [6.45, 7) is 3.85. The van der Waals surface area contributed by atoms with Gasteiger partial charge in [0.1, 0.15) is 11.8 Å². The Balaban J connectivity index is 2.93. The molecule has 0 saturated heterocycles. The second-order valence-corrected chi connectivity index (χ2v) is 3.74. The summed E-state index contributed by atoms with van der Waals surface area (Å²) in [5.41, 5.74) is 1.62. The fraction of sp³-hybridized carbons (Fsp3) is 0.286. The summed E-state index contributed by atoms with van der Waals surface area (Å²) in [5, 5.41) is 11.8. The van der Waals surface area contributed by atoms with E-state index in [1.165, 1.54) is 6.20 Å². The lowest BCUT2D eigenvalue weighted by atomic mass is 10.2. The van der Waals surface area contributed by atoms with Crippen LogP contribution in [-0.2, 0) is 9.53 Å². The highest BCUT2D eigenvalue weighted by atomic mass is 16.5. The number of carbonyl (C=O) groups is 1. The van der Waals surface area contributed by atoms with Crippen LogP contribution in [0.15, 0.2) is 30.0 Å². The van der Waals surface area contributed by atoms with Crippen LogP contribution in [0.2, 0.25) is 0 Å². The first kappa shape index (κ1) is 14.6. The van der Waals surface area contributed by atoms with Gasteiger partial charge < -0.3 is 14.8 Å². The van der Waals surface area contributed by atoms with Crippen LogP contribution in [0.3, 0.4) is 0 Å². The van der Waals surface area contributed by atoms with E-state index in [0.29, 0.717) is 11.4 Å². The highest BCUT2D eigenvalue weighted by Crippen LogP contribution is 2.25. The second kappa shape index (κ2) is 7.07. The Morgan fingerprint density at radius 3 is 2.84 bits per heavy atom. The predicted octanol–water partition coefficient (Wildman–Crippen LogP) is 2.39. The molecule has 19 heavy (non-hydrogen) atoms. The van der Waals surface area contributed by atoms with Gasteiger partial charge in [0.05, 0.1) is 19.4 Å². The fourth-order valence-corrected chi connectivity index (χ4v) is 1.43. The number of methoxy groups -OCH3 is 1. The van der Waals surface area contributed by atoms with Crippen molar-refractivity contribution in [3.8, 4) is 11.8 Å². The van der Waals surface area contributed by atoms with Gasteiger partial charge in [0.2, 0.25) is 0 Å². The molecule has 1 aromatic carbocycles. The van der Waals surface area contributed by atoms with Crippen LogP contribution >= 0.6 is 0 Å². The molecule has 0 fully saturated rings. The Morgan fingerprint density at radius 2 is 2.26 bits per heavy atom. The maximum atomic E-state index is 11.4. The summed E-state index contributed by atoms with van der Waals surface area (Å²) in [6.07, 6.45) is 1.31. The molecule has 0 unspecified atom stereocenters. The average Bonchev–Trinajstić information content (AvgIpc) is 2.40. The van der Waals surface area contributed by atoms with Crippen molar-refractivity contribution in [1.82, 2.24) is 0 Å². The number of ether oxygens (including phenoxy) is 2. The lowest BCUT2D eigenvalue weighted by molar-refractivity contribution is -0.138. The van der Waals surface area contributed by atoms with E-state index >= 15 is 0 Å². The molecule has 0 amide bonds. The molecule has 1 aromatic rings. The Hall–Kier alpha value is -2.48. The maximum absolute atomic E-state index is 11.4. The largest absolute Gasteiger partial charge is 0.495 e. The van der Waals surface area contributed by atoms with Gasteiger partial charge in [0, 0.05) is 6.20 Å². The standard InChI is InChI=1S/C14H16N2O3/c1-4-19-14(17)11(8-15)9-16-12-7-10(2)5-6-13(12)18-3/h5-7,9,16H,4H2,1-3H3. The van der Waals surface area contributed by atoms with E-state index in [1.807, 2.05) is 25.1 Å². The number of rotatable bonds is 5. The molecule has 0 heterocycles. The molecule has 0 saturated carbocycles. The number of esters is 1. The Kier molecular flexibility index (Phi) is 5.42. The molecule has 0 radical (unpaired) electrons. The van der Waals surface area contributed by atoms with Gasteiger partial charge in [-0.25, -0.2) is 4.79 Å². The molecule has 100 valence electrons. The zero-order chi connectivity index (χ0) is 14.3. The molecule has 0 aliphatic rings. The van der Waals surface area contributed by atoms with Gasteiger partial charge in [-0.15, -0.1) is 0 Å². The van der Waals surface area contributed by atoms with Gasteiger partial charge >= 0.3 is 5.97 Å². The number of nitriles is 1. The molecule has 5 nitrogen and oxygen atoms in total. The number of hydrogen-bond donors (Lipinski definition) is 1. The Morgan fingerprint density at radius 1 is 1.53 bits per heavy atom. The summed E-state index contributed by atoms with van der Waals surface area (Å²) in [5.74, 6) is -0.0212. The summed E-state index contributed by atoms with van der Waals surface area (Å²) >= 11 is 0. The van der Waals surface area contributed by atoms with Gasteiger partial charge in [-0.3, -0.25) is 0 Å². The molecular formula is C14H16N2O3. The highest BCUT2D eigenvalue weighted by molar-refractivity contribution is 5.93. The van der Waals surface area contributed by atoms with Gasteiger partial charge in [-0.2, -0.15) is 5.26 Å². The van der Waals surface area contributed by atoms with Crippen LogP contribution in [0.5, 0.6) is 5.75 Å². The number of hydrogen-bond acceptors (Lipinski definition) is 5. The van der Waals surface area contributed by atoms with Crippen molar-refractivity contribution in [2.45, 2.75) is 13.8 Å². The van der Waals surface area contributed by atoms with Gasteiger partial charge in [-0.1, -0.05) is 6.07 Å². The zero-order valence-electron chi connectivity index (χ0n) is 11.2. The first-order chi connectivity index (χ1) is 9.12. The first-order valence-electron chi connectivity index (χ1n) is 5.81. The molecule has 0 spiro atoms. The highest BCUT2D eigenvalue weighted by Gasteiger charge is 2.10. The van der Waals surface area contributed by atoms with Crippen molar-refractivity contribution >= 4 is 11.7 Å². The Labute approximate surface area is 112 Å². The molecule has 0 atom stereocenters. The lowest BCUT2D eigenvalue weighted by Crippen LogP contribution is -2.08. The third kappa shape index (κ3) is 4.03. The topological polar surface area (TPSA) is 71.4 Å². The third-order valence-electron chi connectivity index (χ3n) is 2.34. The van der Waals surface area contributed by atoms with Crippen LogP contribution in [0.25, 0.3) is 0 Å². The summed E-state index contributed by atoms with van der Waals surface area (Å²) in [6, 6.07) is 7.36. The number of nitrogens with one attached hydrogen (secondary N) is 1. The van der Waals surface area contributed by atoms with E-state index in [2.05, 4.69) is 5.32 Å². The van der Waals surface area contributed by atoms with Crippen LogP contribution in [-0.4, -0.2) is 19.7 Å². The molecule has 0 aliphatic carbocycles. The Bertz CT molecular complexity index is 530. The van der Waals surface area contributed by atoms with Gasteiger partial charge in [0.15, 0.2) is 5.57 Å². The average molecular weight is 260 g/mol. The number of benzene rings is 1. The minimum Gasteiger partial charge on any atom is -0.495 e. The molecule has 1 N–H and O–H groups in total. The predicted molar refractivity (Wildman–Crippen MR) is 71.7 cm³/mol. The van der Waals surface area contributed by atoms with Crippen molar-refractivity contribution < 1.29 is 14.3 Å². The van der Waals surface area contributed by atoms with E-state index in [-0.39, 0.29) is 12.2 Å². The fourth-order valence-electron chi connectivity index (χ4n) is 1.43. The van der Waals surface area contributed by atoms with Crippen LogP contribution in [0.1, 0.15) is 12.5 Å². The quantitative estimate of drug-likeness (QED) is 0.500. The van der Waals surface area contributed by atoms with E-state index < -0.39 is 5.97 Å². The van der Waals surface area contributed by atoms with E-state index in [9.17, 15) is 4.79 Å². The SMILES string of the molecule is CCOC(=O)C(C#N)=CNc1cc(C)ccc1OC. The maximum Gasteiger partial charge on any atom is 0.350 e. The number of anilines is 1. The number of aryl methyl sites for hydroxylation is 1. The van der Waals surface area contributed by atoms with Crippen molar-refractivity contribution in [2.75, 3.05) is 19.0 Å². The minimum absolute atomic E-state index is 0.0922. The van der Waals surface area contributed by atoms with Gasteiger partial charge in [-0.05, 0) is 31.5 Å². The summed E-state index contributed by atoms with van der Waals surface area (Å²) in [4.78, 5) is 11.4. The van der Waals surface area contributed by atoms with Crippen molar-refractivity contribution in [2.24, 2.45) is 0 Å². The molecule has 0 bridgehead atoms. The minimum atomic E-state index is -0.649. The van der Waals surface area contributed by atoms with Crippen LogP contribution < -0.4 is 10.1 Å². The smallest absolute Gasteiger partial charge is 0.350 e. The zero-order valence-corrected chi connectivity index (χ0v) is 11.2. The number of carbonyl (C=O) groups excluding carboxylic acids is 1. The molecule has 0 aromatic heterocycles. The molecular weight excluding hydrogens is 244 g/mol. The monoisotopic (exact) mass is 260 g/mol. The van der Waals surface area contributed by atoms with Crippen molar-refractivity contribution in [3.63, 3.8) is 0 Å². The van der Waals surface area contributed by atoms with Gasteiger partial charge in [0.25, 0.3) is 0 Å². The van der Waals surface area contributed by atoms with E-state index in [0.717, 1.165) is 5.56 Å². The molecule has 5 heteroatoms. The first-order valence-corrected chi connectivity index (χ1v) is 5.81. The van der Waals surface area contributed by atoms with Crippen LogP contribution in [0, 0.1) is 18.3 Å². The summed E-state index contributed by atoms with van der Waals surface area (Å²) < 4.78 is 9.95. The third-order valence-corrected chi connectivity index (χ3v) is 2.34. The van der Waals surface area contributed by atoms with Crippen molar-refractivity contribution in [1.29, 1.82) is 5.26 Å². The van der Waals surface area contributed by atoms with Crippen LogP contribution in [0.4, 0.5) is 5.69 Å².